The van der Waals surface area contributed by atoms with Gasteiger partial charge >= 0.3 is 6.03 Å². The highest BCUT2D eigenvalue weighted by atomic mass is 16.6. The third-order valence-electron chi connectivity index (χ3n) is 5.92. The standard InChI is InChI=1S/C25H21N5O4/c31-24-22(20-14-19(30(33)34)10-11-21(20)28-24)23(17-4-2-1-3-5-17)27-18-8-6-16(7-9-18)15-29-13-12-26-25(29)32/h1-11,14,22H,12-13,15H2,(H,26,32)(H,28,31). The number of nitro benzene ring substituents is 1. The molecule has 1 saturated heterocycles. The van der Waals surface area contributed by atoms with Crippen LogP contribution in [-0.2, 0) is 11.3 Å². The molecular formula is C25H21N5O4. The molecule has 1 unspecified atom stereocenters. The van der Waals surface area contributed by atoms with Gasteiger partial charge in [0.15, 0.2) is 0 Å². The van der Waals surface area contributed by atoms with E-state index in [1.54, 1.807) is 11.0 Å². The van der Waals surface area contributed by atoms with E-state index in [1.165, 1.54) is 12.1 Å². The van der Waals surface area contributed by atoms with E-state index in [-0.39, 0.29) is 17.6 Å². The van der Waals surface area contributed by atoms with Crippen LogP contribution in [0.15, 0.2) is 77.8 Å². The van der Waals surface area contributed by atoms with Gasteiger partial charge in [0.05, 0.1) is 16.3 Å². The number of carbonyl (C=O) groups is 2. The van der Waals surface area contributed by atoms with Crippen LogP contribution in [0.25, 0.3) is 0 Å². The van der Waals surface area contributed by atoms with Gasteiger partial charge in [-0.05, 0) is 29.3 Å². The number of fused-ring (bicyclic) bond motifs is 1. The summed E-state index contributed by atoms with van der Waals surface area (Å²) < 4.78 is 0. The Morgan fingerprint density at radius 1 is 1.06 bits per heavy atom. The summed E-state index contributed by atoms with van der Waals surface area (Å²) in [4.78, 5) is 42.2. The molecule has 1 fully saturated rings. The number of anilines is 1. The van der Waals surface area contributed by atoms with E-state index in [1.807, 2.05) is 54.6 Å². The Kier molecular flexibility index (Phi) is 5.51. The number of hydrogen-bond acceptors (Lipinski definition) is 5. The molecule has 2 N–H and O–H groups in total. The van der Waals surface area contributed by atoms with Gasteiger partial charge in [0.25, 0.3) is 5.69 Å². The molecule has 5 rings (SSSR count). The van der Waals surface area contributed by atoms with E-state index < -0.39 is 10.8 Å². The van der Waals surface area contributed by atoms with E-state index in [2.05, 4.69) is 10.6 Å². The fraction of sp³-hybridized carbons (Fsp3) is 0.160. The molecule has 0 bridgehead atoms. The number of nitrogens with zero attached hydrogens (tertiary/aromatic N) is 3. The second kappa shape index (κ2) is 8.78. The largest absolute Gasteiger partial charge is 0.336 e. The molecule has 3 aromatic rings. The van der Waals surface area contributed by atoms with Crippen LogP contribution in [0.2, 0.25) is 0 Å². The molecule has 0 aromatic heterocycles. The molecule has 34 heavy (non-hydrogen) atoms. The Hall–Kier alpha value is -4.53. The second-order valence-electron chi connectivity index (χ2n) is 8.13. The topological polar surface area (TPSA) is 117 Å². The zero-order chi connectivity index (χ0) is 23.7. The molecule has 3 aromatic carbocycles. The Labute approximate surface area is 195 Å². The quantitative estimate of drug-likeness (QED) is 0.332. The van der Waals surface area contributed by atoms with Crippen LogP contribution in [0.4, 0.5) is 21.9 Å². The Balaban J connectivity index is 1.52. The van der Waals surface area contributed by atoms with E-state index in [9.17, 15) is 19.7 Å². The van der Waals surface area contributed by atoms with Crippen molar-refractivity contribution in [3.05, 3.63) is 99.6 Å². The average molecular weight is 455 g/mol. The molecule has 9 nitrogen and oxygen atoms in total. The lowest BCUT2D eigenvalue weighted by molar-refractivity contribution is -0.384. The predicted molar refractivity (Wildman–Crippen MR) is 127 cm³/mol. The number of urea groups is 1. The average Bonchev–Trinajstić information content (AvgIpc) is 3.40. The number of amides is 3. The van der Waals surface area contributed by atoms with Crippen LogP contribution >= 0.6 is 0 Å². The molecule has 0 aliphatic carbocycles. The van der Waals surface area contributed by atoms with E-state index in [0.717, 1.165) is 11.1 Å². The fourth-order valence-corrected chi connectivity index (χ4v) is 4.24. The van der Waals surface area contributed by atoms with Gasteiger partial charge in [-0.25, -0.2) is 4.79 Å². The first-order valence-corrected chi connectivity index (χ1v) is 10.8. The summed E-state index contributed by atoms with van der Waals surface area (Å²) in [6.07, 6.45) is 0. The van der Waals surface area contributed by atoms with Crippen molar-refractivity contribution in [2.75, 3.05) is 18.4 Å². The summed E-state index contributed by atoms with van der Waals surface area (Å²) >= 11 is 0. The summed E-state index contributed by atoms with van der Waals surface area (Å²) in [5, 5.41) is 16.9. The molecular weight excluding hydrogens is 434 g/mol. The van der Waals surface area contributed by atoms with Crippen molar-refractivity contribution in [1.29, 1.82) is 0 Å². The van der Waals surface area contributed by atoms with E-state index in [0.29, 0.717) is 42.3 Å². The van der Waals surface area contributed by atoms with Crippen molar-refractivity contribution in [2.45, 2.75) is 12.5 Å². The third kappa shape index (κ3) is 4.11. The van der Waals surface area contributed by atoms with Crippen LogP contribution in [0.1, 0.15) is 22.6 Å². The first-order valence-electron chi connectivity index (χ1n) is 10.8. The van der Waals surface area contributed by atoms with Crippen molar-refractivity contribution in [3.63, 3.8) is 0 Å². The van der Waals surface area contributed by atoms with Gasteiger partial charge in [-0.3, -0.25) is 19.9 Å². The minimum atomic E-state index is -0.787. The first-order chi connectivity index (χ1) is 16.5. The summed E-state index contributed by atoms with van der Waals surface area (Å²) in [5.74, 6) is -1.07. The number of nitrogens with one attached hydrogen (secondary N) is 2. The van der Waals surface area contributed by atoms with Gasteiger partial charge in [-0.2, -0.15) is 0 Å². The molecule has 0 radical (unpaired) electrons. The van der Waals surface area contributed by atoms with E-state index >= 15 is 0 Å². The van der Waals surface area contributed by atoms with Gasteiger partial charge in [-0.15, -0.1) is 0 Å². The zero-order valence-electron chi connectivity index (χ0n) is 18.1. The highest BCUT2D eigenvalue weighted by molar-refractivity contribution is 6.24. The minimum Gasteiger partial charge on any atom is -0.336 e. The normalized spacial score (nSPS) is 17.4. The fourth-order valence-electron chi connectivity index (χ4n) is 4.24. The molecule has 170 valence electrons. The molecule has 3 amide bonds. The number of non-ortho nitro benzene ring substituents is 1. The smallest absolute Gasteiger partial charge is 0.317 e. The number of nitro groups is 1. The lowest BCUT2D eigenvalue weighted by atomic mass is 9.90. The molecule has 2 heterocycles. The number of hydrogen-bond donors (Lipinski definition) is 2. The monoisotopic (exact) mass is 455 g/mol. The van der Waals surface area contributed by atoms with Crippen molar-refractivity contribution < 1.29 is 14.5 Å². The van der Waals surface area contributed by atoms with Crippen LogP contribution in [0.3, 0.4) is 0 Å². The maximum atomic E-state index is 13.0. The number of aliphatic imine (C=N–C) groups is 1. The highest BCUT2D eigenvalue weighted by Gasteiger charge is 2.36. The van der Waals surface area contributed by atoms with Crippen molar-refractivity contribution >= 4 is 34.7 Å². The molecule has 2 aliphatic heterocycles. The molecule has 1 atom stereocenters. The van der Waals surface area contributed by atoms with Gasteiger partial charge in [0.2, 0.25) is 5.91 Å². The second-order valence-corrected chi connectivity index (χ2v) is 8.13. The minimum absolute atomic E-state index is 0.0755. The SMILES string of the molecule is O=C1Nc2ccc([N+](=O)[O-])cc2C1C(=Nc1ccc(CN2CCNC2=O)cc1)c1ccccc1. The number of rotatable bonds is 6. The lowest BCUT2D eigenvalue weighted by Gasteiger charge is -2.15. The van der Waals surface area contributed by atoms with E-state index in [4.69, 9.17) is 4.99 Å². The van der Waals surface area contributed by atoms with Crippen LogP contribution < -0.4 is 10.6 Å². The van der Waals surface area contributed by atoms with Crippen LogP contribution in [0, 0.1) is 10.1 Å². The highest BCUT2D eigenvalue weighted by Crippen LogP contribution is 2.38. The van der Waals surface area contributed by atoms with Gasteiger partial charge < -0.3 is 15.5 Å². The third-order valence-corrected chi connectivity index (χ3v) is 5.92. The Morgan fingerprint density at radius 2 is 1.82 bits per heavy atom. The lowest BCUT2D eigenvalue weighted by Crippen LogP contribution is -2.27. The summed E-state index contributed by atoms with van der Waals surface area (Å²) in [7, 11) is 0. The van der Waals surface area contributed by atoms with Gasteiger partial charge in [0.1, 0.15) is 5.92 Å². The first kappa shape index (κ1) is 21.3. The summed E-state index contributed by atoms with van der Waals surface area (Å²) in [6, 6.07) is 21.1. The van der Waals surface area contributed by atoms with Crippen molar-refractivity contribution in [3.8, 4) is 0 Å². The summed E-state index contributed by atoms with van der Waals surface area (Å²) in [5.41, 5.74) is 3.85. The molecule has 9 heteroatoms. The Morgan fingerprint density at radius 3 is 2.50 bits per heavy atom. The molecule has 0 spiro atoms. The predicted octanol–water partition coefficient (Wildman–Crippen LogP) is 3.98. The maximum absolute atomic E-state index is 13.0. The summed E-state index contributed by atoms with van der Waals surface area (Å²) in [6.45, 7) is 1.81. The number of benzene rings is 3. The Bertz CT molecular complexity index is 1300. The number of carbonyl (C=O) groups excluding carboxylic acids is 2. The van der Waals surface area contributed by atoms with Gasteiger partial charge in [-0.1, -0.05) is 42.5 Å². The molecule has 0 saturated carbocycles. The zero-order valence-corrected chi connectivity index (χ0v) is 18.1. The van der Waals surface area contributed by atoms with Crippen molar-refractivity contribution in [1.82, 2.24) is 10.2 Å². The molecule has 2 aliphatic rings. The maximum Gasteiger partial charge on any atom is 0.317 e. The van der Waals surface area contributed by atoms with Crippen LogP contribution in [0.5, 0.6) is 0 Å². The van der Waals surface area contributed by atoms with Crippen LogP contribution in [-0.4, -0.2) is 40.6 Å². The van der Waals surface area contributed by atoms with Gasteiger partial charge in [0, 0.05) is 43.0 Å². The van der Waals surface area contributed by atoms with Crippen molar-refractivity contribution in [2.24, 2.45) is 4.99 Å².